The Morgan fingerprint density at radius 3 is 2.57 bits per heavy atom. The fourth-order valence-electron chi connectivity index (χ4n) is 2.70. The number of nitrogens with one attached hydrogen (secondary N) is 1. The second-order valence-electron chi connectivity index (χ2n) is 5.77. The molecule has 2 heterocycles. The van der Waals surface area contributed by atoms with Gasteiger partial charge in [0.1, 0.15) is 17.5 Å². The minimum absolute atomic E-state index is 0.797. The molecule has 2 aromatic rings. The van der Waals surface area contributed by atoms with E-state index in [1.54, 1.807) is 11.8 Å². The van der Waals surface area contributed by atoms with E-state index in [0.717, 1.165) is 49.3 Å². The topological polar surface area (TPSA) is 44.3 Å². The number of para-hydroxylation sites is 1. The molecule has 1 saturated heterocycles. The first kappa shape index (κ1) is 16.1. The maximum Gasteiger partial charge on any atom is 0.136 e. The van der Waals surface area contributed by atoms with E-state index in [9.17, 15) is 0 Å². The highest BCUT2D eigenvalue weighted by molar-refractivity contribution is 7.98. The van der Waals surface area contributed by atoms with Crippen LogP contribution in [0.15, 0.2) is 35.2 Å². The zero-order valence-corrected chi connectivity index (χ0v) is 14.7. The molecule has 1 aliphatic rings. The molecular weight excluding hydrogens is 306 g/mol. The molecule has 6 heteroatoms. The summed E-state index contributed by atoms with van der Waals surface area (Å²) < 4.78 is 0. The molecular formula is C17H23N5S. The predicted molar refractivity (Wildman–Crippen MR) is 98.0 cm³/mol. The molecule has 1 aliphatic heterocycles. The van der Waals surface area contributed by atoms with Crippen LogP contribution in [0.25, 0.3) is 0 Å². The first-order valence-electron chi connectivity index (χ1n) is 7.85. The van der Waals surface area contributed by atoms with E-state index in [1.165, 1.54) is 4.90 Å². The zero-order valence-electron chi connectivity index (χ0n) is 13.9. The van der Waals surface area contributed by atoms with Crippen molar-refractivity contribution in [3.05, 3.63) is 36.2 Å². The number of aryl methyl sites for hydroxylation is 1. The fourth-order valence-corrected chi connectivity index (χ4v) is 3.25. The van der Waals surface area contributed by atoms with Gasteiger partial charge < -0.3 is 15.1 Å². The molecule has 0 atom stereocenters. The lowest BCUT2D eigenvalue weighted by molar-refractivity contribution is 0.312. The summed E-state index contributed by atoms with van der Waals surface area (Å²) in [6, 6.07) is 10.3. The van der Waals surface area contributed by atoms with Crippen LogP contribution in [-0.4, -0.2) is 54.4 Å². The molecule has 1 aromatic carbocycles. The first-order chi connectivity index (χ1) is 11.2. The van der Waals surface area contributed by atoms with Crippen molar-refractivity contribution in [1.29, 1.82) is 0 Å². The van der Waals surface area contributed by atoms with Gasteiger partial charge in [-0.1, -0.05) is 12.1 Å². The highest BCUT2D eigenvalue weighted by Crippen LogP contribution is 2.28. The summed E-state index contributed by atoms with van der Waals surface area (Å²) in [6.45, 7) is 6.11. The van der Waals surface area contributed by atoms with Crippen molar-refractivity contribution in [3.8, 4) is 0 Å². The summed E-state index contributed by atoms with van der Waals surface area (Å²) in [5.41, 5.74) is 1.09. The van der Waals surface area contributed by atoms with Gasteiger partial charge in [0.05, 0.1) is 5.69 Å². The second-order valence-corrected chi connectivity index (χ2v) is 6.62. The third-order valence-corrected chi connectivity index (χ3v) is 4.82. The van der Waals surface area contributed by atoms with Crippen molar-refractivity contribution in [1.82, 2.24) is 14.9 Å². The van der Waals surface area contributed by atoms with Gasteiger partial charge in [-0.05, 0) is 32.4 Å². The number of likely N-dealkylation sites (N-methyl/N-ethyl adjacent to an activating group) is 1. The third-order valence-electron chi connectivity index (χ3n) is 4.02. The molecule has 0 aliphatic carbocycles. The van der Waals surface area contributed by atoms with Crippen LogP contribution >= 0.6 is 11.8 Å². The highest BCUT2D eigenvalue weighted by Gasteiger charge is 2.16. The molecule has 0 amide bonds. The van der Waals surface area contributed by atoms with E-state index in [0.29, 0.717) is 0 Å². The molecule has 0 radical (unpaired) electrons. The van der Waals surface area contributed by atoms with Gasteiger partial charge >= 0.3 is 0 Å². The molecule has 0 unspecified atom stereocenters. The summed E-state index contributed by atoms with van der Waals surface area (Å²) in [7, 11) is 2.16. The van der Waals surface area contributed by atoms with Crippen molar-refractivity contribution in [2.45, 2.75) is 11.8 Å². The van der Waals surface area contributed by atoms with E-state index in [4.69, 9.17) is 0 Å². The van der Waals surface area contributed by atoms with Crippen molar-refractivity contribution in [2.75, 3.05) is 49.7 Å². The number of benzene rings is 1. The maximum absolute atomic E-state index is 4.62. The number of aromatic nitrogens is 2. The van der Waals surface area contributed by atoms with Gasteiger partial charge in [-0.15, -0.1) is 11.8 Å². The molecule has 0 spiro atoms. The largest absolute Gasteiger partial charge is 0.354 e. The van der Waals surface area contributed by atoms with Crippen LogP contribution in [0.5, 0.6) is 0 Å². The molecule has 23 heavy (non-hydrogen) atoms. The van der Waals surface area contributed by atoms with E-state index in [2.05, 4.69) is 62.7 Å². The Morgan fingerprint density at radius 2 is 1.83 bits per heavy atom. The number of thioether (sulfide) groups is 1. The molecule has 1 N–H and O–H groups in total. The summed E-state index contributed by atoms with van der Waals surface area (Å²) >= 11 is 1.73. The Balaban J connectivity index is 1.83. The lowest BCUT2D eigenvalue weighted by Gasteiger charge is -2.33. The highest BCUT2D eigenvalue weighted by atomic mass is 32.2. The summed E-state index contributed by atoms with van der Waals surface area (Å²) in [5.74, 6) is 2.66. The molecule has 0 saturated carbocycles. The average molecular weight is 329 g/mol. The Morgan fingerprint density at radius 1 is 1.09 bits per heavy atom. The molecule has 5 nitrogen and oxygen atoms in total. The second kappa shape index (κ2) is 7.19. The van der Waals surface area contributed by atoms with Crippen molar-refractivity contribution < 1.29 is 0 Å². The maximum atomic E-state index is 4.62. The fraction of sp³-hybridized carbons (Fsp3) is 0.412. The number of anilines is 3. The number of nitrogens with zero attached hydrogens (tertiary/aromatic N) is 4. The van der Waals surface area contributed by atoms with Crippen LogP contribution in [0.4, 0.5) is 17.3 Å². The van der Waals surface area contributed by atoms with Gasteiger partial charge in [0.2, 0.25) is 0 Å². The normalized spacial score (nSPS) is 15.7. The van der Waals surface area contributed by atoms with Gasteiger partial charge in [0.25, 0.3) is 0 Å². The molecule has 0 bridgehead atoms. The van der Waals surface area contributed by atoms with E-state index in [1.807, 2.05) is 13.0 Å². The minimum atomic E-state index is 0.797. The van der Waals surface area contributed by atoms with E-state index in [-0.39, 0.29) is 0 Å². The lowest BCUT2D eigenvalue weighted by Crippen LogP contribution is -2.44. The Hall–Kier alpha value is -1.79. The summed E-state index contributed by atoms with van der Waals surface area (Å²) in [5, 5.41) is 3.44. The van der Waals surface area contributed by atoms with E-state index >= 15 is 0 Å². The summed E-state index contributed by atoms with van der Waals surface area (Å²) in [6.07, 6.45) is 2.08. The van der Waals surface area contributed by atoms with E-state index < -0.39 is 0 Å². The quantitative estimate of drug-likeness (QED) is 0.870. The third kappa shape index (κ3) is 3.95. The van der Waals surface area contributed by atoms with Crippen LogP contribution in [0.2, 0.25) is 0 Å². The molecule has 122 valence electrons. The van der Waals surface area contributed by atoms with Crippen molar-refractivity contribution in [2.24, 2.45) is 0 Å². The van der Waals surface area contributed by atoms with Gasteiger partial charge in [0, 0.05) is 37.1 Å². The smallest absolute Gasteiger partial charge is 0.136 e. The van der Waals surface area contributed by atoms with Gasteiger partial charge in [-0.2, -0.15) is 0 Å². The monoisotopic (exact) mass is 329 g/mol. The molecule has 3 rings (SSSR count). The van der Waals surface area contributed by atoms with Gasteiger partial charge in [-0.3, -0.25) is 0 Å². The van der Waals surface area contributed by atoms with Crippen molar-refractivity contribution >= 4 is 29.1 Å². The lowest BCUT2D eigenvalue weighted by atomic mass is 10.3. The minimum Gasteiger partial charge on any atom is -0.354 e. The number of rotatable bonds is 4. The molecule has 1 fully saturated rings. The zero-order chi connectivity index (χ0) is 16.2. The van der Waals surface area contributed by atoms with Gasteiger partial charge in [-0.25, -0.2) is 9.97 Å². The first-order valence-corrected chi connectivity index (χ1v) is 9.07. The van der Waals surface area contributed by atoms with Crippen LogP contribution in [0.3, 0.4) is 0 Å². The Kier molecular flexibility index (Phi) is 5.03. The molecule has 1 aromatic heterocycles. The van der Waals surface area contributed by atoms with Gasteiger partial charge in [0.15, 0.2) is 0 Å². The van der Waals surface area contributed by atoms with Crippen LogP contribution in [-0.2, 0) is 0 Å². The van der Waals surface area contributed by atoms with Crippen LogP contribution in [0.1, 0.15) is 5.82 Å². The predicted octanol–water partition coefficient (Wildman–Crippen LogP) is 3.00. The number of hydrogen-bond acceptors (Lipinski definition) is 6. The van der Waals surface area contributed by atoms with Crippen LogP contribution < -0.4 is 10.2 Å². The Labute approximate surface area is 142 Å². The standard InChI is InChI=1S/C17H23N5S/c1-13-18-16(20-14-6-4-5-7-15(14)23-3)12-17(19-13)22-10-8-21(2)9-11-22/h4-7,12H,8-11H2,1-3H3,(H,18,19,20). The Bertz CT molecular complexity index is 668. The van der Waals surface area contributed by atoms with Crippen molar-refractivity contribution in [3.63, 3.8) is 0 Å². The average Bonchev–Trinajstić information content (AvgIpc) is 2.55. The SMILES string of the molecule is CSc1ccccc1Nc1cc(N2CCN(C)CC2)nc(C)n1. The van der Waals surface area contributed by atoms with Crippen LogP contribution in [0, 0.1) is 6.92 Å². The number of piperazine rings is 1. The summed E-state index contributed by atoms with van der Waals surface area (Å²) in [4.78, 5) is 15.1. The number of hydrogen-bond donors (Lipinski definition) is 1.